The maximum atomic E-state index is 3.46. The van der Waals surface area contributed by atoms with Crippen LogP contribution in [0.5, 0.6) is 0 Å². The number of aromatic nitrogens is 1. The summed E-state index contributed by atoms with van der Waals surface area (Å²) in [5, 5.41) is 1.39. The zero-order valence-corrected chi connectivity index (χ0v) is 14.2. The first-order chi connectivity index (χ1) is 11.8. The summed E-state index contributed by atoms with van der Waals surface area (Å²) < 4.78 is 0. The Hall–Kier alpha value is -2.32. The lowest BCUT2D eigenvalue weighted by molar-refractivity contribution is 0.256. The number of aromatic amines is 1. The molecule has 4 rings (SSSR count). The van der Waals surface area contributed by atoms with Crippen LogP contribution in [-0.4, -0.2) is 30.0 Å². The molecule has 2 heterocycles. The Morgan fingerprint density at radius 3 is 2.50 bits per heavy atom. The molecule has 2 aromatic carbocycles. The molecule has 24 heavy (non-hydrogen) atoms. The molecule has 3 aromatic rings. The van der Waals surface area contributed by atoms with Crippen LogP contribution in [0.15, 0.2) is 54.7 Å². The normalized spacial score (nSPS) is 17.0. The van der Waals surface area contributed by atoms with Gasteiger partial charge in [-0.2, -0.15) is 0 Å². The molecule has 0 unspecified atom stereocenters. The maximum Gasteiger partial charge on any atom is 0.0457 e. The molecule has 0 spiro atoms. The van der Waals surface area contributed by atoms with Crippen LogP contribution in [0, 0.1) is 0 Å². The minimum Gasteiger partial charge on any atom is -0.361 e. The van der Waals surface area contributed by atoms with Crippen LogP contribution in [0.4, 0.5) is 0 Å². The van der Waals surface area contributed by atoms with Gasteiger partial charge in [0, 0.05) is 17.1 Å². The number of rotatable bonds is 3. The molecule has 0 aliphatic carbocycles. The Morgan fingerprint density at radius 2 is 1.71 bits per heavy atom. The van der Waals surface area contributed by atoms with Gasteiger partial charge in [-0.3, -0.25) is 0 Å². The van der Waals surface area contributed by atoms with E-state index in [-0.39, 0.29) is 0 Å². The van der Waals surface area contributed by atoms with E-state index in [1.165, 1.54) is 53.5 Å². The fourth-order valence-corrected chi connectivity index (χ4v) is 3.68. The summed E-state index contributed by atoms with van der Waals surface area (Å²) in [6.45, 7) is 2.40. The molecule has 0 saturated carbocycles. The van der Waals surface area contributed by atoms with E-state index in [2.05, 4.69) is 83.8 Å². The van der Waals surface area contributed by atoms with Crippen LogP contribution in [0.2, 0.25) is 0 Å². The summed E-state index contributed by atoms with van der Waals surface area (Å²) in [6.07, 6.45) is 9.13. The third-order valence-corrected chi connectivity index (χ3v) is 5.16. The minimum absolute atomic E-state index is 0.684. The summed E-state index contributed by atoms with van der Waals surface area (Å²) in [5.41, 5.74) is 5.25. The topological polar surface area (TPSA) is 19.0 Å². The van der Waals surface area contributed by atoms with Crippen LogP contribution in [0.1, 0.15) is 35.4 Å². The van der Waals surface area contributed by atoms with E-state index in [0.29, 0.717) is 5.92 Å². The highest BCUT2D eigenvalue weighted by molar-refractivity contribution is 5.87. The number of hydrogen-bond acceptors (Lipinski definition) is 1. The largest absolute Gasteiger partial charge is 0.361 e. The van der Waals surface area contributed by atoms with Crippen molar-refractivity contribution in [2.75, 3.05) is 20.1 Å². The van der Waals surface area contributed by atoms with Gasteiger partial charge < -0.3 is 9.88 Å². The summed E-state index contributed by atoms with van der Waals surface area (Å²) in [5.74, 6) is 0.684. The number of nitrogens with zero attached hydrogens (tertiary/aromatic N) is 1. The average molecular weight is 316 g/mol. The SMILES string of the molecule is CN1CCC(c2c[nH]c3ccc(/C=C/c4ccccc4)cc23)CC1. The predicted octanol–water partition coefficient (Wildman–Crippen LogP) is 5.15. The van der Waals surface area contributed by atoms with Crippen molar-refractivity contribution in [3.63, 3.8) is 0 Å². The highest BCUT2D eigenvalue weighted by atomic mass is 15.1. The molecule has 1 aliphatic heterocycles. The van der Waals surface area contributed by atoms with Crippen molar-refractivity contribution in [1.82, 2.24) is 9.88 Å². The lowest BCUT2D eigenvalue weighted by Gasteiger charge is -2.28. The van der Waals surface area contributed by atoms with Crippen molar-refractivity contribution in [2.24, 2.45) is 0 Å². The highest BCUT2D eigenvalue weighted by Crippen LogP contribution is 2.33. The average Bonchev–Trinajstić information content (AvgIpc) is 3.05. The molecule has 0 amide bonds. The summed E-state index contributed by atoms with van der Waals surface area (Å²) >= 11 is 0. The number of benzene rings is 2. The van der Waals surface area contributed by atoms with E-state index < -0.39 is 0 Å². The number of fused-ring (bicyclic) bond motifs is 1. The monoisotopic (exact) mass is 316 g/mol. The summed E-state index contributed by atoms with van der Waals surface area (Å²) in [4.78, 5) is 5.89. The third kappa shape index (κ3) is 3.15. The Labute approximate surface area is 143 Å². The van der Waals surface area contributed by atoms with Crippen LogP contribution < -0.4 is 0 Å². The molecular weight excluding hydrogens is 292 g/mol. The van der Waals surface area contributed by atoms with Crippen molar-refractivity contribution >= 4 is 23.1 Å². The van der Waals surface area contributed by atoms with Gasteiger partial charge >= 0.3 is 0 Å². The first kappa shape index (κ1) is 15.2. The fourth-order valence-electron chi connectivity index (χ4n) is 3.68. The van der Waals surface area contributed by atoms with Gasteiger partial charge in [0.15, 0.2) is 0 Å². The highest BCUT2D eigenvalue weighted by Gasteiger charge is 2.20. The zero-order valence-electron chi connectivity index (χ0n) is 14.2. The van der Waals surface area contributed by atoms with Crippen molar-refractivity contribution in [3.05, 3.63) is 71.4 Å². The standard InChI is InChI=1S/C22H24N2/c1-24-13-11-19(12-14-24)21-16-23-22-10-9-18(15-20(21)22)8-7-17-5-3-2-4-6-17/h2-10,15-16,19,23H,11-14H2,1H3/b8-7+. The number of nitrogens with one attached hydrogen (secondary N) is 1. The predicted molar refractivity (Wildman–Crippen MR) is 103 cm³/mol. The van der Waals surface area contributed by atoms with E-state index in [4.69, 9.17) is 0 Å². The van der Waals surface area contributed by atoms with E-state index in [9.17, 15) is 0 Å². The first-order valence-electron chi connectivity index (χ1n) is 8.82. The van der Waals surface area contributed by atoms with Crippen LogP contribution in [0.25, 0.3) is 23.1 Å². The number of H-pyrrole nitrogens is 1. The van der Waals surface area contributed by atoms with Gasteiger partial charge in [0.25, 0.3) is 0 Å². The maximum absolute atomic E-state index is 3.46. The van der Waals surface area contributed by atoms with Crippen LogP contribution in [0.3, 0.4) is 0 Å². The molecule has 1 saturated heterocycles. The van der Waals surface area contributed by atoms with Gasteiger partial charge in [-0.25, -0.2) is 0 Å². The molecule has 2 heteroatoms. The number of likely N-dealkylation sites (tertiary alicyclic amines) is 1. The second-order valence-electron chi connectivity index (χ2n) is 6.87. The number of hydrogen-bond donors (Lipinski definition) is 1. The second kappa shape index (κ2) is 6.66. The van der Waals surface area contributed by atoms with Gasteiger partial charge in [-0.15, -0.1) is 0 Å². The minimum atomic E-state index is 0.684. The lowest BCUT2D eigenvalue weighted by Crippen LogP contribution is -2.29. The molecule has 1 fully saturated rings. The first-order valence-corrected chi connectivity index (χ1v) is 8.82. The van der Waals surface area contributed by atoms with Gasteiger partial charge in [0.2, 0.25) is 0 Å². The van der Waals surface area contributed by atoms with E-state index in [0.717, 1.165) is 0 Å². The summed E-state index contributed by atoms with van der Waals surface area (Å²) in [7, 11) is 2.22. The van der Waals surface area contributed by atoms with Crippen LogP contribution >= 0.6 is 0 Å². The fraction of sp³-hybridized carbons (Fsp3) is 0.273. The van der Waals surface area contributed by atoms with Gasteiger partial charge in [0.05, 0.1) is 0 Å². The van der Waals surface area contributed by atoms with Crippen LogP contribution in [-0.2, 0) is 0 Å². The molecule has 2 nitrogen and oxygen atoms in total. The van der Waals surface area contributed by atoms with Crippen molar-refractivity contribution in [3.8, 4) is 0 Å². The molecule has 0 radical (unpaired) electrons. The van der Waals surface area contributed by atoms with Crippen molar-refractivity contribution in [1.29, 1.82) is 0 Å². The summed E-state index contributed by atoms with van der Waals surface area (Å²) in [6, 6.07) is 17.2. The van der Waals surface area contributed by atoms with Gasteiger partial charge in [-0.1, -0.05) is 48.6 Å². The van der Waals surface area contributed by atoms with Gasteiger partial charge in [0.1, 0.15) is 0 Å². The Bertz CT molecular complexity index is 837. The quantitative estimate of drug-likeness (QED) is 0.662. The lowest BCUT2D eigenvalue weighted by atomic mass is 9.89. The molecule has 1 aromatic heterocycles. The van der Waals surface area contributed by atoms with Crippen molar-refractivity contribution in [2.45, 2.75) is 18.8 Å². The molecule has 1 aliphatic rings. The smallest absolute Gasteiger partial charge is 0.0457 e. The van der Waals surface area contributed by atoms with E-state index in [1.807, 2.05) is 0 Å². The Morgan fingerprint density at radius 1 is 0.958 bits per heavy atom. The molecule has 1 N–H and O–H groups in total. The zero-order chi connectivity index (χ0) is 16.4. The molecule has 122 valence electrons. The van der Waals surface area contributed by atoms with Crippen molar-refractivity contribution < 1.29 is 0 Å². The Balaban J connectivity index is 1.62. The Kier molecular flexibility index (Phi) is 4.22. The molecule has 0 bridgehead atoms. The third-order valence-electron chi connectivity index (χ3n) is 5.16. The van der Waals surface area contributed by atoms with E-state index in [1.54, 1.807) is 0 Å². The molecule has 0 atom stereocenters. The van der Waals surface area contributed by atoms with E-state index >= 15 is 0 Å². The number of piperidine rings is 1. The second-order valence-corrected chi connectivity index (χ2v) is 6.87. The van der Waals surface area contributed by atoms with Gasteiger partial charge in [-0.05, 0) is 67.7 Å². The molecular formula is C22H24N2.